The Morgan fingerprint density at radius 1 is 1.15 bits per heavy atom. The minimum absolute atomic E-state index is 0.0755. The van der Waals surface area contributed by atoms with E-state index in [1.54, 1.807) is 17.0 Å². The fraction of sp³-hybridized carbons (Fsp3) is 0.444. The molecular formula is C9H13N3O. The summed E-state index contributed by atoms with van der Waals surface area (Å²) in [6, 6.07) is 3.80. The number of nitrogens with one attached hydrogen (secondary N) is 1. The van der Waals surface area contributed by atoms with E-state index in [2.05, 4.69) is 5.32 Å². The summed E-state index contributed by atoms with van der Waals surface area (Å²) in [7, 11) is 0. The Hall–Kier alpha value is -1.29. The average molecular weight is 179 g/mol. The minimum atomic E-state index is 0.0755. The third-order valence-electron chi connectivity index (χ3n) is 2.21. The Bertz CT molecular complexity index is 275. The number of amides is 1. The number of hydrogen-bond donors (Lipinski definition) is 1. The van der Waals surface area contributed by atoms with Gasteiger partial charge >= 0.3 is 6.03 Å². The van der Waals surface area contributed by atoms with Crippen molar-refractivity contribution in [1.82, 2.24) is 14.8 Å². The van der Waals surface area contributed by atoms with Gasteiger partial charge in [0.2, 0.25) is 0 Å². The van der Waals surface area contributed by atoms with Crippen LogP contribution in [0.4, 0.5) is 4.79 Å². The molecule has 0 aliphatic carbocycles. The van der Waals surface area contributed by atoms with Crippen LogP contribution in [0, 0.1) is 0 Å². The van der Waals surface area contributed by atoms with Gasteiger partial charge in [-0.25, -0.2) is 4.79 Å². The summed E-state index contributed by atoms with van der Waals surface area (Å²) in [4.78, 5) is 13.6. The predicted molar refractivity (Wildman–Crippen MR) is 49.7 cm³/mol. The lowest BCUT2D eigenvalue weighted by atomic mass is 10.4. The lowest BCUT2D eigenvalue weighted by molar-refractivity contribution is 0.192. The molecule has 0 atom stereocenters. The van der Waals surface area contributed by atoms with E-state index in [4.69, 9.17) is 0 Å². The zero-order valence-corrected chi connectivity index (χ0v) is 7.44. The SMILES string of the molecule is O=C(N1CCNCC1)n1cccc1. The van der Waals surface area contributed by atoms with Crippen molar-refractivity contribution in [1.29, 1.82) is 0 Å². The Morgan fingerprint density at radius 3 is 2.38 bits per heavy atom. The summed E-state index contributed by atoms with van der Waals surface area (Å²) in [6.07, 6.45) is 3.56. The zero-order valence-electron chi connectivity index (χ0n) is 7.44. The maximum absolute atomic E-state index is 11.7. The van der Waals surface area contributed by atoms with Crippen LogP contribution >= 0.6 is 0 Å². The predicted octanol–water partition coefficient (Wildman–Crippen LogP) is 0.361. The molecule has 0 saturated carbocycles. The molecule has 1 aromatic heterocycles. The van der Waals surface area contributed by atoms with Gasteiger partial charge in [0.1, 0.15) is 0 Å². The van der Waals surface area contributed by atoms with Crippen LogP contribution in [0.15, 0.2) is 24.5 Å². The van der Waals surface area contributed by atoms with Gasteiger partial charge in [0, 0.05) is 38.6 Å². The molecule has 1 fully saturated rings. The Labute approximate surface area is 77.1 Å². The number of rotatable bonds is 0. The molecule has 2 rings (SSSR count). The van der Waals surface area contributed by atoms with Crippen molar-refractivity contribution < 1.29 is 4.79 Å². The maximum atomic E-state index is 11.7. The number of carbonyl (C=O) groups is 1. The third-order valence-corrected chi connectivity index (χ3v) is 2.21. The molecule has 13 heavy (non-hydrogen) atoms. The van der Waals surface area contributed by atoms with Crippen LogP contribution in [0.3, 0.4) is 0 Å². The lowest BCUT2D eigenvalue weighted by Crippen LogP contribution is -2.47. The van der Waals surface area contributed by atoms with Crippen LogP contribution in [0.1, 0.15) is 0 Å². The molecule has 0 aromatic carbocycles. The van der Waals surface area contributed by atoms with E-state index in [1.807, 2.05) is 17.0 Å². The fourth-order valence-electron chi connectivity index (χ4n) is 1.48. The van der Waals surface area contributed by atoms with E-state index in [0.717, 1.165) is 26.2 Å². The van der Waals surface area contributed by atoms with Crippen molar-refractivity contribution in [3.05, 3.63) is 24.5 Å². The number of carbonyl (C=O) groups excluding carboxylic acids is 1. The summed E-state index contributed by atoms with van der Waals surface area (Å²) >= 11 is 0. The molecule has 0 spiro atoms. The summed E-state index contributed by atoms with van der Waals surface area (Å²) in [5, 5.41) is 3.21. The highest BCUT2D eigenvalue weighted by Gasteiger charge is 2.16. The molecule has 1 saturated heterocycles. The van der Waals surface area contributed by atoms with Gasteiger partial charge in [-0.2, -0.15) is 0 Å². The van der Waals surface area contributed by atoms with Crippen LogP contribution in [0.5, 0.6) is 0 Å². The molecule has 70 valence electrons. The average Bonchev–Trinajstić information content (AvgIpc) is 2.71. The second-order valence-corrected chi connectivity index (χ2v) is 3.11. The standard InChI is InChI=1S/C9H13N3O/c13-9(11-5-1-2-6-11)12-7-3-10-4-8-12/h1-2,5-6,10H,3-4,7-8H2. The van der Waals surface area contributed by atoms with Gasteiger partial charge in [-0.15, -0.1) is 0 Å². The largest absolute Gasteiger partial charge is 0.328 e. The highest BCUT2D eigenvalue weighted by Crippen LogP contribution is 1.99. The van der Waals surface area contributed by atoms with E-state index in [9.17, 15) is 4.79 Å². The molecule has 1 N–H and O–H groups in total. The first-order valence-corrected chi connectivity index (χ1v) is 4.51. The smallest absolute Gasteiger partial charge is 0.322 e. The highest BCUT2D eigenvalue weighted by molar-refractivity contribution is 5.77. The lowest BCUT2D eigenvalue weighted by Gasteiger charge is -2.27. The second kappa shape index (κ2) is 3.62. The monoisotopic (exact) mass is 179 g/mol. The van der Waals surface area contributed by atoms with Crippen molar-refractivity contribution in [2.45, 2.75) is 0 Å². The summed E-state index contributed by atoms with van der Waals surface area (Å²) in [5.74, 6) is 0. The Morgan fingerprint density at radius 2 is 1.77 bits per heavy atom. The molecule has 0 unspecified atom stereocenters. The minimum Gasteiger partial charge on any atom is -0.322 e. The fourth-order valence-corrected chi connectivity index (χ4v) is 1.48. The van der Waals surface area contributed by atoms with Gasteiger partial charge in [-0.3, -0.25) is 4.57 Å². The summed E-state index contributed by atoms with van der Waals surface area (Å²) < 4.78 is 1.62. The van der Waals surface area contributed by atoms with E-state index >= 15 is 0 Å². The van der Waals surface area contributed by atoms with Gasteiger partial charge in [0.25, 0.3) is 0 Å². The first-order chi connectivity index (χ1) is 6.38. The van der Waals surface area contributed by atoms with E-state index < -0.39 is 0 Å². The summed E-state index contributed by atoms with van der Waals surface area (Å²) in [6.45, 7) is 3.40. The van der Waals surface area contributed by atoms with Crippen LogP contribution in [0.2, 0.25) is 0 Å². The molecule has 0 radical (unpaired) electrons. The third kappa shape index (κ3) is 1.72. The molecule has 1 amide bonds. The molecule has 4 nitrogen and oxygen atoms in total. The molecule has 1 aromatic rings. The molecule has 0 bridgehead atoms. The van der Waals surface area contributed by atoms with E-state index in [1.165, 1.54) is 0 Å². The first kappa shape index (κ1) is 8.31. The van der Waals surface area contributed by atoms with Crippen molar-refractivity contribution in [2.24, 2.45) is 0 Å². The van der Waals surface area contributed by atoms with Crippen molar-refractivity contribution >= 4 is 6.03 Å². The van der Waals surface area contributed by atoms with Gasteiger partial charge in [0.05, 0.1) is 0 Å². The molecule has 4 heteroatoms. The van der Waals surface area contributed by atoms with Gasteiger partial charge < -0.3 is 10.2 Å². The second-order valence-electron chi connectivity index (χ2n) is 3.11. The topological polar surface area (TPSA) is 37.3 Å². The summed E-state index contributed by atoms with van der Waals surface area (Å²) in [5.41, 5.74) is 0. The molecule has 1 aliphatic rings. The van der Waals surface area contributed by atoms with Crippen LogP contribution < -0.4 is 5.32 Å². The number of nitrogens with zero attached hydrogens (tertiary/aromatic N) is 2. The van der Waals surface area contributed by atoms with Crippen molar-refractivity contribution in [3.63, 3.8) is 0 Å². The normalized spacial score (nSPS) is 17.4. The van der Waals surface area contributed by atoms with Crippen LogP contribution in [0.25, 0.3) is 0 Å². The van der Waals surface area contributed by atoms with E-state index in [0.29, 0.717) is 0 Å². The Kier molecular flexibility index (Phi) is 2.31. The molecule has 2 heterocycles. The number of piperazine rings is 1. The quantitative estimate of drug-likeness (QED) is 0.624. The van der Waals surface area contributed by atoms with Crippen LogP contribution in [-0.2, 0) is 0 Å². The Balaban J connectivity index is 2.04. The van der Waals surface area contributed by atoms with Crippen molar-refractivity contribution in [2.75, 3.05) is 26.2 Å². The van der Waals surface area contributed by atoms with Gasteiger partial charge in [-0.1, -0.05) is 0 Å². The van der Waals surface area contributed by atoms with Crippen LogP contribution in [-0.4, -0.2) is 41.7 Å². The molecular weight excluding hydrogens is 166 g/mol. The highest BCUT2D eigenvalue weighted by atomic mass is 16.2. The number of aromatic nitrogens is 1. The van der Waals surface area contributed by atoms with Crippen molar-refractivity contribution in [3.8, 4) is 0 Å². The van der Waals surface area contributed by atoms with Gasteiger partial charge in [0.15, 0.2) is 0 Å². The first-order valence-electron chi connectivity index (χ1n) is 4.51. The number of hydrogen-bond acceptors (Lipinski definition) is 2. The van der Waals surface area contributed by atoms with Gasteiger partial charge in [-0.05, 0) is 12.1 Å². The maximum Gasteiger partial charge on any atom is 0.328 e. The van der Waals surface area contributed by atoms with E-state index in [-0.39, 0.29) is 6.03 Å². The molecule has 1 aliphatic heterocycles. The zero-order chi connectivity index (χ0) is 9.10.